The van der Waals surface area contributed by atoms with Gasteiger partial charge < -0.3 is 15.4 Å². The number of hydrogen-bond acceptors (Lipinski definition) is 5. The van der Waals surface area contributed by atoms with E-state index < -0.39 is 0 Å². The number of rotatable bonds is 3. The van der Waals surface area contributed by atoms with Gasteiger partial charge in [-0.15, -0.1) is 0 Å². The highest BCUT2D eigenvalue weighted by atomic mass is 16.5. The van der Waals surface area contributed by atoms with Gasteiger partial charge in [-0.05, 0) is 31.4 Å². The molecule has 1 aromatic heterocycles. The Morgan fingerprint density at radius 3 is 3.14 bits per heavy atom. The van der Waals surface area contributed by atoms with E-state index in [4.69, 9.17) is 10.00 Å². The summed E-state index contributed by atoms with van der Waals surface area (Å²) in [5.74, 6) is 0.0843. The summed E-state index contributed by atoms with van der Waals surface area (Å²) < 4.78 is 5.73. The van der Waals surface area contributed by atoms with E-state index in [1.165, 1.54) is 0 Å². The minimum absolute atomic E-state index is 0.0209. The lowest BCUT2D eigenvalue weighted by Crippen LogP contribution is -2.56. The summed E-state index contributed by atoms with van der Waals surface area (Å²) in [7, 11) is 0. The average Bonchev–Trinajstić information content (AvgIpc) is 3.03. The van der Waals surface area contributed by atoms with E-state index in [0.29, 0.717) is 12.1 Å². The van der Waals surface area contributed by atoms with Crippen LogP contribution < -0.4 is 10.6 Å². The van der Waals surface area contributed by atoms with Gasteiger partial charge in [0, 0.05) is 31.0 Å². The maximum atomic E-state index is 11.7. The van der Waals surface area contributed by atoms with E-state index in [1.807, 2.05) is 12.1 Å². The van der Waals surface area contributed by atoms with Gasteiger partial charge in [-0.25, -0.2) is 4.98 Å². The van der Waals surface area contributed by atoms with Crippen LogP contribution in [0, 0.1) is 11.3 Å². The predicted molar refractivity (Wildman–Crippen MR) is 76.5 cm³/mol. The number of nitrogens with one attached hydrogen (secondary N) is 2. The maximum absolute atomic E-state index is 11.7. The van der Waals surface area contributed by atoms with Crippen LogP contribution in [0.4, 0.5) is 5.69 Å². The molecule has 1 unspecified atom stereocenters. The summed E-state index contributed by atoms with van der Waals surface area (Å²) in [6.07, 6.45) is 4.98. The third-order valence-electron chi connectivity index (χ3n) is 4.04. The third-order valence-corrected chi connectivity index (χ3v) is 4.04. The number of carbonyl (C=O) groups excluding carboxylic acids is 1. The summed E-state index contributed by atoms with van der Waals surface area (Å²) in [6.45, 7) is 0.762. The van der Waals surface area contributed by atoms with Gasteiger partial charge in [0.15, 0.2) is 0 Å². The van der Waals surface area contributed by atoms with E-state index in [1.54, 1.807) is 12.3 Å². The van der Waals surface area contributed by atoms with Crippen LogP contribution in [0.15, 0.2) is 18.3 Å². The molecule has 1 amide bonds. The van der Waals surface area contributed by atoms with Gasteiger partial charge in [-0.1, -0.05) is 0 Å². The lowest BCUT2D eigenvalue weighted by Gasteiger charge is -2.36. The third kappa shape index (κ3) is 3.14. The molecule has 3 rings (SSSR count). The van der Waals surface area contributed by atoms with E-state index in [0.717, 1.165) is 31.6 Å². The topological polar surface area (TPSA) is 87.0 Å². The van der Waals surface area contributed by atoms with Gasteiger partial charge in [0.2, 0.25) is 5.91 Å². The van der Waals surface area contributed by atoms with Crippen molar-refractivity contribution in [2.45, 2.75) is 43.9 Å². The van der Waals surface area contributed by atoms with Crippen LogP contribution in [-0.2, 0) is 9.53 Å². The number of hydrogen-bond donors (Lipinski definition) is 2. The fraction of sp³-hybridized carbons (Fsp3) is 0.533. The van der Waals surface area contributed by atoms with Crippen molar-refractivity contribution in [3.8, 4) is 6.07 Å². The van der Waals surface area contributed by atoms with Gasteiger partial charge in [-0.3, -0.25) is 4.79 Å². The second kappa shape index (κ2) is 6.10. The smallest absolute Gasteiger partial charge is 0.220 e. The number of aromatic nitrogens is 1. The van der Waals surface area contributed by atoms with E-state index in [9.17, 15) is 4.79 Å². The van der Waals surface area contributed by atoms with Crippen molar-refractivity contribution in [2.24, 2.45) is 0 Å². The molecule has 3 heterocycles. The fourth-order valence-electron chi connectivity index (χ4n) is 3.02. The zero-order chi connectivity index (χ0) is 14.7. The molecule has 2 aliphatic heterocycles. The molecule has 2 N–H and O–H groups in total. The molecule has 0 bridgehead atoms. The monoisotopic (exact) mass is 286 g/mol. The second-order valence-corrected chi connectivity index (χ2v) is 5.48. The Morgan fingerprint density at radius 1 is 1.48 bits per heavy atom. The van der Waals surface area contributed by atoms with Crippen molar-refractivity contribution < 1.29 is 9.53 Å². The molecular formula is C15H18N4O2. The minimum Gasteiger partial charge on any atom is -0.380 e. The molecule has 2 aliphatic rings. The SMILES string of the molecule is N#Cc1cc(N[C@H]2CCC(=O)N[C@@H]2C2CCCO2)ccn1. The standard InChI is InChI=1S/C15H18N4O2/c16-9-11-8-10(5-6-17-11)18-12-3-4-14(20)19-15(12)13-2-1-7-21-13/h5-6,8,12-13,15H,1-4,7H2,(H,17,18)(H,19,20)/t12-,13?,15-/m0/s1. The summed E-state index contributed by atoms with van der Waals surface area (Å²) in [5, 5.41) is 15.4. The Bertz CT molecular complexity index is 563. The number of anilines is 1. The van der Waals surface area contributed by atoms with Crippen LogP contribution in [0.5, 0.6) is 0 Å². The Balaban J connectivity index is 1.74. The summed E-state index contributed by atoms with van der Waals surface area (Å²) in [5.41, 5.74) is 1.24. The lowest BCUT2D eigenvalue weighted by atomic mass is 9.92. The first kappa shape index (κ1) is 13.8. The molecule has 110 valence electrons. The molecule has 0 aromatic carbocycles. The van der Waals surface area contributed by atoms with Crippen molar-refractivity contribution in [1.29, 1.82) is 5.26 Å². The summed E-state index contributed by atoms with van der Waals surface area (Å²) in [6, 6.07) is 5.68. The first-order valence-corrected chi connectivity index (χ1v) is 7.30. The molecule has 21 heavy (non-hydrogen) atoms. The average molecular weight is 286 g/mol. The molecule has 0 saturated carbocycles. The van der Waals surface area contributed by atoms with Crippen LogP contribution in [0.25, 0.3) is 0 Å². The van der Waals surface area contributed by atoms with Gasteiger partial charge in [0.05, 0.1) is 12.1 Å². The number of amides is 1. The zero-order valence-electron chi connectivity index (χ0n) is 11.7. The van der Waals surface area contributed by atoms with Gasteiger partial charge in [0.25, 0.3) is 0 Å². The predicted octanol–water partition coefficient (Wildman–Crippen LogP) is 1.19. The molecule has 3 atom stereocenters. The molecule has 2 fully saturated rings. The minimum atomic E-state index is -0.0209. The van der Waals surface area contributed by atoms with E-state index >= 15 is 0 Å². The highest BCUT2D eigenvalue weighted by Crippen LogP contribution is 2.25. The highest BCUT2D eigenvalue weighted by molar-refractivity contribution is 5.77. The lowest BCUT2D eigenvalue weighted by molar-refractivity contribution is -0.124. The van der Waals surface area contributed by atoms with E-state index in [2.05, 4.69) is 15.6 Å². The van der Waals surface area contributed by atoms with Crippen molar-refractivity contribution in [3.63, 3.8) is 0 Å². The molecule has 6 nitrogen and oxygen atoms in total. The van der Waals surface area contributed by atoms with Crippen molar-refractivity contribution >= 4 is 11.6 Å². The number of nitriles is 1. The molecule has 0 spiro atoms. The van der Waals surface area contributed by atoms with Crippen LogP contribution >= 0.6 is 0 Å². The largest absolute Gasteiger partial charge is 0.380 e. The van der Waals surface area contributed by atoms with Gasteiger partial charge in [-0.2, -0.15) is 5.26 Å². The molecule has 6 heteroatoms. The zero-order valence-corrected chi connectivity index (χ0v) is 11.7. The number of piperidine rings is 1. The summed E-state index contributed by atoms with van der Waals surface area (Å²) in [4.78, 5) is 15.6. The Kier molecular flexibility index (Phi) is 4.02. The molecule has 0 radical (unpaired) electrons. The highest BCUT2D eigenvalue weighted by Gasteiger charge is 2.36. The number of carbonyl (C=O) groups is 1. The van der Waals surface area contributed by atoms with Gasteiger partial charge >= 0.3 is 0 Å². The quantitative estimate of drug-likeness (QED) is 0.871. The van der Waals surface area contributed by atoms with E-state index in [-0.39, 0.29) is 24.1 Å². The number of pyridine rings is 1. The number of ether oxygens (including phenoxy) is 1. The van der Waals surface area contributed by atoms with Crippen molar-refractivity contribution in [2.75, 3.05) is 11.9 Å². The Labute approximate surface area is 123 Å². The molecule has 0 aliphatic carbocycles. The van der Waals surface area contributed by atoms with Crippen molar-refractivity contribution in [1.82, 2.24) is 10.3 Å². The maximum Gasteiger partial charge on any atom is 0.220 e. The van der Waals surface area contributed by atoms with Crippen molar-refractivity contribution in [3.05, 3.63) is 24.0 Å². The first-order chi connectivity index (χ1) is 10.3. The summed E-state index contributed by atoms with van der Waals surface area (Å²) >= 11 is 0. The fourth-order valence-corrected chi connectivity index (χ4v) is 3.02. The number of nitrogens with zero attached hydrogens (tertiary/aromatic N) is 2. The molecule has 1 aromatic rings. The van der Waals surface area contributed by atoms with Crippen LogP contribution in [-0.4, -0.2) is 35.7 Å². The first-order valence-electron chi connectivity index (χ1n) is 7.30. The van der Waals surface area contributed by atoms with Crippen LogP contribution in [0.3, 0.4) is 0 Å². The van der Waals surface area contributed by atoms with Crippen LogP contribution in [0.2, 0.25) is 0 Å². The molecule has 2 saturated heterocycles. The molecular weight excluding hydrogens is 268 g/mol. The second-order valence-electron chi connectivity index (χ2n) is 5.48. The van der Waals surface area contributed by atoms with Gasteiger partial charge in [0.1, 0.15) is 11.8 Å². The van der Waals surface area contributed by atoms with Crippen LogP contribution in [0.1, 0.15) is 31.4 Å². The Morgan fingerprint density at radius 2 is 2.38 bits per heavy atom. The normalized spacial score (nSPS) is 28.7. The Hall–Kier alpha value is -2.13.